The molecule has 9 heteroatoms. The second kappa shape index (κ2) is 7.82. The number of carbonyl (C=O) groups is 1. The van der Waals surface area contributed by atoms with Crippen molar-refractivity contribution in [2.75, 3.05) is 39.5 Å². The van der Waals surface area contributed by atoms with E-state index in [4.69, 9.17) is 9.47 Å². The summed E-state index contributed by atoms with van der Waals surface area (Å²) in [5, 5.41) is 0. The van der Waals surface area contributed by atoms with E-state index >= 15 is 0 Å². The minimum Gasteiger partial charge on any atom is -0.454 e. The second-order valence-corrected chi connectivity index (χ2v) is 9.63. The van der Waals surface area contributed by atoms with Crippen molar-refractivity contribution < 1.29 is 27.6 Å². The number of hydrogen-bond donors (Lipinski definition) is 1. The molecule has 28 heavy (non-hydrogen) atoms. The Hall–Kier alpha value is -1.94. The van der Waals surface area contributed by atoms with Crippen LogP contribution in [0, 0.1) is 0 Å². The Morgan fingerprint density at radius 2 is 1.71 bits per heavy atom. The maximum absolute atomic E-state index is 12.8. The fraction of sp³-hybridized carbons (Fsp3) is 0.316. The number of ketones is 1. The van der Waals surface area contributed by atoms with E-state index in [2.05, 4.69) is 15.9 Å². The van der Waals surface area contributed by atoms with Crippen LogP contribution in [0.4, 0.5) is 0 Å². The van der Waals surface area contributed by atoms with Crippen LogP contribution in [0.3, 0.4) is 0 Å². The Morgan fingerprint density at radius 1 is 1.04 bits per heavy atom. The highest BCUT2D eigenvalue weighted by Gasteiger charge is 2.31. The summed E-state index contributed by atoms with van der Waals surface area (Å²) >= 11 is 3.32. The highest BCUT2D eigenvalue weighted by molar-refractivity contribution is 9.10. The third-order valence-electron chi connectivity index (χ3n) is 4.99. The maximum Gasteiger partial charge on any atom is 0.243 e. The van der Waals surface area contributed by atoms with Crippen LogP contribution in [0.2, 0.25) is 0 Å². The Balaban J connectivity index is 1.36. The number of ether oxygens (including phenoxy) is 2. The number of benzene rings is 2. The molecule has 0 atom stereocenters. The fourth-order valence-electron chi connectivity index (χ4n) is 3.37. The second-order valence-electron chi connectivity index (χ2n) is 6.78. The predicted molar refractivity (Wildman–Crippen MR) is 105 cm³/mol. The molecule has 0 radical (unpaired) electrons. The molecule has 0 spiro atoms. The number of nitrogens with one attached hydrogen (secondary N) is 1. The lowest BCUT2D eigenvalue weighted by Crippen LogP contribution is -3.15. The third kappa shape index (κ3) is 3.93. The normalized spacial score (nSPS) is 17.6. The van der Waals surface area contributed by atoms with Gasteiger partial charge in [0.1, 0.15) is 6.54 Å². The average Bonchev–Trinajstić information content (AvgIpc) is 3.16. The van der Waals surface area contributed by atoms with Crippen LogP contribution in [0.5, 0.6) is 11.5 Å². The number of carbonyl (C=O) groups excluding carboxylic acids is 1. The summed E-state index contributed by atoms with van der Waals surface area (Å²) < 4.78 is 38.4. The lowest BCUT2D eigenvalue weighted by atomic mass is 10.1. The van der Waals surface area contributed by atoms with Gasteiger partial charge in [-0.05, 0) is 42.5 Å². The molecule has 2 aliphatic rings. The molecule has 7 nitrogen and oxygen atoms in total. The summed E-state index contributed by atoms with van der Waals surface area (Å²) in [4.78, 5) is 14.0. The van der Waals surface area contributed by atoms with Gasteiger partial charge in [-0.25, -0.2) is 8.42 Å². The minimum absolute atomic E-state index is 0.0116. The molecule has 1 N–H and O–H groups in total. The van der Waals surface area contributed by atoms with Gasteiger partial charge in [0, 0.05) is 10.0 Å². The number of fused-ring (bicyclic) bond motifs is 1. The summed E-state index contributed by atoms with van der Waals surface area (Å²) in [5.74, 6) is 1.25. The van der Waals surface area contributed by atoms with E-state index in [1.54, 1.807) is 42.5 Å². The monoisotopic (exact) mass is 467 g/mol. The van der Waals surface area contributed by atoms with Crippen LogP contribution in [0.1, 0.15) is 10.4 Å². The molecule has 0 aromatic heterocycles. The molecule has 0 aliphatic carbocycles. The standard InChI is InChI=1S/C19H19BrN2O5S/c20-15-2-4-16(5-3-15)28(24,25)22-9-7-21(8-10-22)12-17(23)14-1-6-18-19(11-14)27-13-26-18/h1-6,11H,7-10,12-13H2/p+1. The Morgan fingerprint density at radius 3 is 2.43 bits per heavy atom. The molecule has 1 fully saturated rings. The van der Waals surface area contributed by atoms with Crippen LogP contribution in [-0.4, -0.2) is 58.0 Å². The number of hydrogen-bond acceptors (Lipinski definition) is 5. The first-order chi connectivity index (χ1) is 13.4. The van der Waals surface area contributed by atoms with Gasteiger partial charge in [-0.1, -0.05) is 15.9 Å². The topological polar surface area (TPSA) is 77.4 Å². The van der Waals surface area contributed by atoms with E-state index in [0.29, 0.717) is 49.8 Å². The molecule has 2 aliphatic heterocycles. The lowest BCUT2D eigenvalue weighted by Gasteiger charge is -2.31. The number of sulfonamides is 1. The number of rotatable bonds is 5. The molecule has 0 amide bonds. The van der Waals surface area contributed by atoms with Crippen LogP contribution < -0.4 is 14.4 Å². The molecule has 0 unspecified atom stereocenters. The van der Waals surface area contributed by atoms with E-state index in [-0.39, 0.29) is 17.5 Å². The van der Waals surface area contributed by atoms with Crippen molar-refractivity contribution in [1.82, 2.24) is 4.31 Å². The van der Waals surface area contributed by atoms with Crippen LogP contribution in [-0.2, 0) is 10.0 Å². The fourth-order valence-corrected chi connectivity index (χ4v) is 5.08. The van der Waals surface area contributed by atoms with E-state index in [1.807, 2.05) is 0 Å². The number of piperazine rings is 1. The molecule has 2 heterocycles. The van der Waals surface area contributed by atoms with Crippen LogP contribution in [0.15, 0.2) is 51.8 Å². The first-order valence-corrected chi connectivity index (χ1v) is 11.2. The summed E-state index contributed by atoms with van der Waals surface area (Å²) in [5.41, 5.74) is 0.585. The summed E-state index contributed by atoms with van der Waals surface area (Å²) in [6.45, 7) is 2.46. The van der Waals surface area contributed by atoms with Gasteiger partial charge in [0.25, 0.3) is 0 Å². The van der Waals surface area contributed by atoms with Gasteiger partial charge in [-0.2, -0.15) is 4.31 Å². The van der Waals surface area contributed by atoms with Crippen molar-refractivity contribution in [3.63, 3.8) is 0 Å². The number of nitrogens with zero attached hydrogens (tertiary/aromatic N) is 1. The van der Waals surface area contributed by atoms with Crippen molar-refractivity contribution in [3.05, 3.63) is 52.5 Å². The molecule has 0 bridgehead atoms. The van der Waals surface area contributed by atoms with E-state index < -0.39 is 10.0 Å². The van der Waals surface area contributed by atoms with Gasteiger partial charge in [-0.3, -0.25) is 4.79 Å². The minimum atomic E-state index is -3.51. The zero-order valence-corrected chi connectivity index (χ0v) is 17.5. The number of quaternary nitrogens is 1. The van der Waals surface area contributed by atoms with Crippen molar-refractivity contribution >= 4 is 31.7 Å². The zero-order valence-electron chi connectivity index (χ0n) is 15.1. The van der Waals surface area contributed by atoms with Crippen molar-refractivity contribution in [1.29, 1.82) is 0 Å². The van der Waals surface area contributed by atoms with E-state index in [0.717, 1.165) is 9.37 Å². The van der Waals surface area contributed by atoms with E-state index in [1.165, 1.54) is 4.31 Å². The van der Waals surface area contributed by atoms with Crippen molar-refractivity contribution in [2.24, 2.45) is 0 Å². The quantitative estimate of drug-likeness (QED) is 0.662. The molecule has 0 saturated carbocycles. The molecule has 2 aromatic rings. The summed E-state index contributed by atoms with van der Waals surface area (Å²) in [6, 6.07) is 11.8. The molecular formula is C19H20BrN2O5S+. The summed E-state index contributed by atoms with van der Waals surface area (Å²) in [6.07, 6.45) is 0. The Bertz CT molecular complexity index is 986. The number of halogens is 1. The lowest BCUT2D eigenvalue weighted by molar-refractivity contribution is -0.895. The van der Waals surface area contributed by atoms with Gasteiger partial charge in [-0.15, -0.1) is 0 Å². The first-order valence-electron chi connectivity index (χ1n) is 8.95. The highest BCUT2D eigenvalue weighted by Crippen LogP contribution is 2.32. The Labute approximate surface area is 172 Å². The Kier molecular flexibility index (Phi) is 5.42. The zero-order chi connectivity index (χ0) is 19.7. The molecule has 2 aromatic carbocycles. The van der Waals surface area contributed by atoms with Crippen LogP contribution in [0.25, 0.3) is 0 Å². The smallest absolute Gasteiger partial charge is 0.243 e. The molecule has 148 valence electrons. The maximum atomic E-state index is 12.8. The van der Waals surface area contributed by atoms with Gasteiger partial charge in [0.15, 0.2) is 11.5 Å². The first kappa shape index (κ1) is 19.4. The van der Waals surface area contributed by atoms with Gasteiger partial charge < -0.3 is 14.4 Å². The highest BCUT2D eigenvalue weighted by atomic mass is 79.9. The molecule has 4 rings (SSSR count). The number of Topliss-reactive ketones (excluding diaryl/α,β-unsaturated/α-hetero) is 1. The largest absolute Gasteiger partial charge is 0.454 e. The van der Waals surface area contributed by atoms with Crippen LogP contribution >= 0.6 is 15.9 Å². The SMILES string of the molecule is O=C(C[NH+]1CCN(S(=O)(=O)c2ccc(Br)cc2)CC1)c1ccc2c(c1)OCO2. The molecule has 1 saturated heterocycles. The predicted octanol–water partition coefficient (Wildman–Crippen LogP) is 0.950. The van der Waals surface area contributed by atoms with Gasteiger partial charge in [0.2, 0.25) is 22.6 Å². The van der Waals surface area contributed by atoms with Crippen molar-refractivity contribution in [2.45, 2.75) is 4.90 Å². The third-order valence-corrected chi connectivity index (χ3v) is 7.43. The average molecular weight is 468 g/mol. The van der Waals surface area contributed by atoms with E-state index in [9.17, 15) is 13.2 Å². The van der Waals surface area contributed by atoms with Gasteiger partial charge >= 0.3 is 0 Å². The summed E-state index contributed by atoms with van der Waals surface area (Å²) in [7, 11) is -3.51. The molecular weight excluding hydrogens is 448 g/mol. The van der Waals surface area contributed by atoms with Crippen molar-refractivity contribution in [3.8, 4) is 11.5 Å². The van der Waals surface area contributed by atoms with Gasteiger partial charge in [0.05, 0.1) is 31.1 Å².